The van der Waals surface area contributed by atoms with Crippen molar-refractivity contribution in [3.8, 4) is 0 Å². The molecule has 0 saturated carbocycles. The molecule has 0 radical (unpaired) electrons. The summed E-state index contributed by atoms with van der Waals surface area (Å²) < 4.78 is 0. The second-order valence-corrected chi connectivity index (χ2v) is 3.92. The van der Waals surface area contributed by atoms with Gasteiger partial charge < -0.3 is 10.6 Å². The van der Waals surface area contributed by atoms with E-state index < -0.39 is 0 Å². The highest BCUT2D eigenvalue weighted by Crippen LogP contribution is 2.26. The van der Waals surface area contributed by atoms with E-state index in [0.717, 1.165) is 13.0 Å². The third-order valence-corrected chi connectivity index (χ3v) is 2.15. The first-order valence-electron chi connectivity index (χ1n) is 4.00. The van der Waals surface area contributed by atoms with E-state index in [4.69, 9.17) is 0 Å². The van der Waals surface area contributed by atoms with Crippen LogP contribution in [-0.4, -0.2) is 25.5 Å². The average Bonchev–Trinajstić information content (AvgIpc) is 2.29. The van der Waals surface area contributed by atoms with Gasteiger partial charge in [0.05, 0.1) is 6.04 Å². The van der Waals surface area contributed by atoms with Gasteiger partial charge in [-0.15, -0.1) is 12.4 Å². The molecule has 0 aliphatic carbocycles. The number of amides is 1. The Morgan fingerprint density at radius 3 is 2.50 bits per heavy atom. The molecule has 0 aromatic rings. The maximum absolute atomic E-state index is 11.1. The van der Waals surface area contributed by atoms with E-state index in [1.807, 2.05) is 0 Å². The van der Waals surface area contributed by atoms with Crippen LogP contribution in [0.2, 0.25) is 0 Å². The molecule has 1 heterocycles. The molecule has 0 aromatic carbocycles. The maximum Gasteiger partial charge on any atom is 0.236 e. The molecule has 0 bridgehead atoms. The molecule has 1 unspecified atom stereocenters. The fraction of sp³-hybridized carbons (Fsp3) is 0.875. The van der Waals surface area contributed by atoms with Crippen molar-refractivity contribution in [2.45, 2.75) is 26.3 Å². The normalized spacial score (nSPS) is 26.1. The lowest BCUT2D eigenvalue weighted by atomic mass is 9.90. The Balaban J connectivity index is 0.00000121. The van der Waals surface area contributed by atoms with Crippen molar-refractivity contribution in [2.24, 2.45) is 5.41 Å². The zero-order chi connectivity index (χ0) is 8.48. The predicted molar refractivity (Wildman–Crippen MR) is 51.5 cm³/mol. The standard InChI is InChI=1S/C8H16N2O.ClH/c1-8(2)4-6(10-5-8)7(11)9-3;/h6,10H,4-5H2,1-3H3,(H,9,11);1H. The number of rotatable bonds is 1. The van der Waals surface area contributed by atoms with Crippen LogP contribution in [0.3, 0.4) is 0 Å². The summed E-state index contributed by atoms with van der Waals surface area (Å²) in [6.45, 7) is 5.27. The fourth-order valence-corrected chi connectivity index (χ4v) is 1.46. The van der Waals surface area contributed by atoms with Crippen LogP contribution in [-0.2, 0) is 4.79 Å². The summed E-state index contributed by atoms with van der Waals surface area (Å²) in [5, 5.41) is 5.83. The second kappa shape index (κ2) is 4.10. The van der Waals surface area contributed by atoms with Crippen LogP contribution >= 0.6 is 12.4 Å². The van der Waals surface area contributed by atoms with Gasteiger partial charge in [-0.05, 0) is 11.8 Å². The first-order valence-corrected chi connectivity index (χ1v) is 4.00. The monoisotopic (exact) mass is 192 g/mol. The summed E-state index contributed by atoms with van der Waals surface area (Å²) >= 11 is 0. The van der Waals surface area contributed by atoms with E-state index >= 15 is 0 Å². The quantitative estimate of drug-likeness (QED) is 0.637. The molecule has 3 nitrogen and oxygen atoms in total. The lowest BCUT2D eigenvalue weighted by molar-refractivity contribution is -0.122. The van der Waals surface area contributed by atoms with Gasteiger partial charge in [-0.1, -0.05) is 13.8 Å². The van der Waals surface area contributed by atoms with Gasteiger partial charge in [0, 0.05) is 13.6 Å². The third kappa shape index (κ3) is 2.64. The van der Waals surface area contributed by atoms with Crippen LogP contribution in [0.1, 0.15) is 20.3 Å². The number of hydrogen-bond acceptors (Lipinski definition) is 2. The van der Waals surface area contributed by atoms with Crippen LogP contribution in [0.4, 0.5) is 0 Å². The number of nitrogens with one attached hydrogen (secondary N) is 2. The highest BCUT2D eigenvalue weighted by atomic mass is 35.5. The maximum atomic E-state index is 11.1. The average molecular weight is 193 g/mol. The van der Waals surface area contributed by atoms with Crippen LogP contribution in [0.5, 0.6) is 0 Å². The van der Waals surface area contributed by atoms with Crippen molar-refractivity contribution >= 4 is 18.3 Å². The summed E-state index contributed by atoms with van der Waals surface area (Å²) in [6.07, 6.45) is 0.937. The van der Waals surface area contributed by atoms with Gasteiger partial charge in [0.2, 0.25) is 5.91 Å². The highest BCUT2D eigenvalue weighted by molar-refractivity contribution is 5.85. The molecule has 1 rings (SSSR count). The van der Waals surface area contributed by atoms with E-state index in [9.17, 15) is 4.79 Å². The van der Waals surface area contributed by atoms with E-state index in [1.54, 1.807) is 7.05 Å². The molecule has 0 aromatic heterocycles. The Kier molecular flexibility index (Phi) is 4.00. The van der Waals surface area contributed by atoms with Gasteiger partial charge in [0.25, 0.3) is 0 Å². The van der Waals surface area contributed by atoms with Gasteiger partial charge in [0.1, 0.15) is 0 Å². The number of carbonyl (C=O) groups excluding carboxylic acids is 1. The summed E-state index contributed by atoms with van der Waals surface area (Å²) in [4.78, 5) is 11.1. The Labute approximate surface area is 79.7 Å². The molecule has 2 N–H and O–H groups in total. The molecule has 0 spiro atoms. The van der Waals surface area contributed by atoms with Crippen molar-refractivity contribution in [3.05, 3.63) is 0 Å². The van der Waals surface area contributed by atoms with E-state index in [2.05, 4.69) is 24.5 Å². The molecule has 1 aliphatic heterocycles. The molecule has 1 saturated heterocycles. The van der Waals surface area contributed by atoms with Gasteiger partial charge in [-0.25, -0.2) is 0 Å². The van der Waals surface area contributed by atoms with Crippen LogP contribution < -0.4 is 10.6 Å². The Hall–Kier alpha value is -0.280. The Bertz CT molecular complexity index is 170. The lowest BCUT2D eigenvalue weighted by Gasteiger charge is -2.14. The Morgan fingerprint density at radius 2 is 2.17 bits per heavy atom. The molecule has 72 valence electrons. The minimum Gasteiger partial charge on any atom is -0.358 e. The van der Waals surface area contributed by atoms with Gasteiger partial charge in [-0.2, -0.15) is 0 Å². The lowest BCUT2D eigenvalue weighted by Crippen LogP contribution is -2.38. The second-order valence-electron chi connectivity index (χ2n) is 3.92. The van der Waals surface area contributed by atoms with E-state index in [1.165, 1.54) is 0 Å². The zero-order valence-electron chi connectivity index (χ0n) is 7.81. The minimum atomic E-state index is 0. The fourth-order valence-electron chi connectivity index (χ4n) is 1.46. The molecular formula is C8H17ClN2O. The Morgan fingerprint density at radius 1 is 1.58 bits per heavy atom. The van der Waals surface area contributed by atoms with E-state index in [-0.39, 0.29) is 29.8 Å². The van der Waals surface area contributed by atoms with Crippen molar-refractivity contribution in [3.63, 3.8) is 0 Å². The number of hydrogen-bond donors (Lipinski definition) is 2. The number of carbonyl (C=O) groups is 1. The number of likely N-dealkylation sites (N-methyl/N-ethyl adjacent to an activating group) is 1. The van der Waals surface area contributed by atoms with Crippen molar-refractivity contribution in [2.75, 3.05) is 13.6 Å². The molecule has 1 aliphatic rings. The van der Waals surface area contributed by atoms with Crippen molar-refractivity contribution in [1.82, 2.24) is 10.6 Å². The van der Waals surface area contributed by atoms with E-state index in [0.29, 0.717) is 0 Å². The summed E-state index contributed by atoms with van der Waals surface area (Å²) in [6, 6.07) is 0.0231. The van der Waals surface area contributed by atoms with Gasteiger partial charge in [0.15, 0.2) is 0 Å². The first-order chi connectivity index (χ1) is 5.05. The topological polar surface area (TPSA) is 41.1 Å². The minimum absolute atomic E-state index is 0. The van der Waals surface area contributed by atoms with Gasteiger partial charge >= 0.3 is 0 Å². The third-order valence-electron chi connectivity index (χ3n) is 2.15. The van der Waals surface area contributed by atoms with Crippen LogP contribution in [0.25, 0.3) is 0 Å². The molecular weight excluding hydrogens is 176 g/mol. The molecule has 1 atom stereocenters. The van der Waals surface area contributed by atoms with Crippen molar-refractivity contribution < 1.29 is 4.79 Å². The first kappa shape index (κ1) is 11.7. The van der Waals surface area contributed by atoms with Gasteiger partial charge in [-0.3, -0.25) is 4.79 Å². The number of halogens is 1. The summed E-state index contributed by atoms with van der Waals surface area (Å²) in [7, 11) is 1.68. The molecule has 1 fully saturated rings. The SMILES string of the molecule is CNC(=O)C1CC(C)(C)CN1.Cl. The largest absolute Gasteiger partial charge is 0.358 e. The summed E-state index contributed by atoms with van der Waals surface area (Å²) in [5.74, 6) is 0.107. The van der Waals surface area contributed by atoms with Crippen LogP contribution in [0, 0.1) is 5.41 Å². The zero-order valence-corrected chi connectivity index (χ0v) is 8.62. The smallest absolute Gasteiger partial charge is 0.236 e. The summed E-state index contributed by atoms with van der Waals surface area (Å²) in [5.41, 5.74) is 0.275. The molecule has 12 heavy (non-hydrogen) atoms. The van der Waals surface area contributed by atoms with Crippen LogP contribution in [0.15, 0.2) is 0 Å². The predicted octanol–water partition coefficient (Wildman–Crippen LogP) is 0.542. The highest BCUT2D eigenvalue weighted by Gasteiger charge is 2.33. The molecule has 1 amide bonds. The molecule has 4 heteroatoms. The van der Waals surface area contributed by atoms with Crippen molar-refractivity contribution in [1.29, 1.82) is 0 Å².